The molecule has 0 radical (unpaired) electrons. The quantitative estimate of drug-likeness (QED) is 0.837. The Hall–Kier alpha value is -1.13. The highest BCUT2D eigenvalue weighted by Crippen LogP contribution is 2.29. The Bertz CT molecular complexity index is 455. The van der Waals surface area contributed by atoms with E-state index in [1.54, 1.807) is 6.07 Å². The molecule has 1 aromatic rings. The maximum atomic E-state index is 13.1. The number of benzene rings is 1. The summed E-state index contributed by atoms with van der Waals surface area (Å²) in [5, 5.41) is 0. The van der Waals surface area contributed by atoms with Crippen LogP contribution in [0.2, 0.25) is 0 Å². The van der Waals surface area contributed by atoms with Gasteiger partial charge in [-0.25, -0.2) is 4.39 Å². The van der Waals surface area contributed by atoms with Crippen molar-refractivity contribution in [3.8, 4) is 0 Å². The van der Waals surface area contributed by atoms with Crippen molar-refractivity contribution in [2.24, 2.45) is 0 Å². The number of morpholine rings is 1. The van der Waals surface area contributed by atoms with Crippen LogP contribution in [-0.2, 0) is 11.3 Å². The highest BCUT2D eigenvalue weighted by molar-refractivity contribution is 5.46. The van der Waals surface area contributed by atoms with E-state index in [1.165, 1.54) is 12.1 Å². The predicted octanol–water partition coefficient (Wildman–Crippen LogP) is 2.80. The Balaban J connectivity index is 2.14. The smallest absolute Gasteiger partial charge is 0.125 e. The van der Waals surface area contributed by atoms with Crippen molar-refractivity contribution >= 4 is 5.69 Å². The number of nitrogen functional groups attached to an aromatic ring is 1. The van der Waals surface area contributed by atoms with E-state index in [9.17, 15) is 4.39 Å². The summed E-state index contributed by atoms with van der Waals surface area (Å²) in [6.07, 6.45) is 0. The van der Waals surface area contributed by atoms with Crippen LogP contribution in [0.3, 0.4) is 0 Å². The maximum absolute atomic E-state index is 13.1. The zero-order chi connectivity index (χ0) is 14.3. The van der Waals surface area contributed by atoms with Crippen molar-refractivity contribution in [1.29, 1.82) is 0 Å². The van der Waals surface area contributed by atoms with Crippen LogP contribution in [0.1, 0.15) is 33.3 Å². The van der Waals surface area contributed by atoms with Crippen molar-refractivity contribution in [1.82, 2.24) is 4.90 Å². The molecule has 3 nitrogen and oxygen atoms in total. The standard InChI is InChI=1S/C15H23FN2O/c1-14(2)9-18(10-15(3,4)19-14)8-11-5-6-12(16)7-13(11)17/h5-7H,8-10,17H2,1-4H3. The highest BCUT2D eigenvalue weighted by Gasteiger charge is 2.37. The molecule has 0 aliphatic carbocycles. The normalized spacial score (nSPS) is 22.4. The first-order valence-electron chi connectivity index (χ1n) is 6.63. The lowest BCUT2D eigenvalue weighted by Crippen LogP contribution is -2.56. The van der Waals surface area contributed by atoms with E-state index < -0.39 is 0 Å². The third-order valence-corrected chi connectivity index (χ3v) is 3.26. The Morgan fingerprint density at radius 3 is 2.32 bits per heavy atom. The second kappa shape index (κ2) is 4.76. The molecule has 0 saturated carbocycles. The molecule has 0 unspecified atom stereocenters. The van der Waals surface area contributed by atoms with E-state index in [0.29, 0.717) is 5.69 Å². The molecule has 1 heterocycles. The van der Waals surface area contributed by atoms with Crippen LogP contribution in [0.25, 0.3) is 0 Å². The van der Waals surface area contributed by atoms with Crippen LogP contribution in [0.5, 0.6) is 0 Å². The minimum absolute atomic E-state index is 0.184. The Kier molecular flexibility index (Phi) is 3.58. The zero-order valence-electron chi connectivity index (χ0n) is 12.2. The van der Waals surface area contributed by atoms with Gasteiger partial charge in [0.15, 0.2) is 0 Å². The molecule has 2 N–H and O–H groups in total. The second-order valence-electron chi connectivity index (χ2n) is 6.61. The van der Waals surface area contributed by atoms with Crippen molar-refractivity contribution in [2.45, 2.75) is 45.4 Å². The molecule has 1 aliphatic heterocycles. The van der Waals surface area contributed by atoms with Crippen LogP contribution in [-0.4, -0.2) is 29.2 Å². The lowest BCUT2D eigenvalue weighted by molar-refractivity contribution is -0.182. The number of halogens is 1. The first kappa shape index (κ1) is 14.3. The van der Waals surface area contributed by atoms with Crippen molar-refractivity contribution in [3.05, 3.63) is 29.6 Å². The minimum Gasteiger partial charge on any atom is -0.398 e. The largest absolute Gasteiger partial charge is 0.398 e. The molecular weight excluding hydrogens is 243 g/mol. The summed E-state index contributed by atoms with van der Waals surface area (Å²) in [6.45, 7) is 10.8. The molecule has 2 rings (SSSR count). The Labute approximate surface area is 114 Å². The van der Waals surface area contributed by atoms with Gasteiger partial charge >= 0.3 is 0 Å². The molecule has 0 atom stereocenters. The van der Waals surface area contributed by atoms with Gasteiger partial charge < -0.3 is 10.5 Å². The van der Waals surface area contributed by atoms with E-state index in [2.05, 4.69) is 32.6 Å². The van der Waals surface area contributed by atoms with E-state index in [1.807, 2.05) is 0 Å². The predicted molar refractivity (Wildman–Crippen MR) is 75.3 cm³/mol. The van der Waals surface area contributed by atoms with Gasteiger partial charge in [-0.1, -0.05) is 6.07 Å². The molecule has 1 aromatic carbocycles. The van der Waals surface area contributed by atoms with Crippen LogP contribution in [0.15, 0.2) is 18.2 Å². The number of ether oxygens (including phenoxy) is 1. The number of anilines is 1. The topological polar surface area (TPSA) is 38.5 Å². The van der Waals surface area contributed by atoms with Crippen LogP contribution >= 0.6 is 0 Å². The summed E-state index contributed by atoms with van der Waals surface area (Å²) in [7, 11) is 0. The fourth-order valence-corrected chi connectivity index (χ4v) is 3.01. The first-order chi connectivity index (χ1) is 8.67. The summed E-state index contributed by atoms with van der Waals surface area (Å²) in [5.74, 6) is -0.288. The maximum Gasteiger partial charge on any atom is 0.125 e. The van der Waals surface area contributed by atoms with Gasteiger partial charge in [0.05, 0.1) is 11.2 Å². The lowest BCUT2D eigenvalue weighted by atomic mass is 9.98. The molecule has 0 aromatic heterocycles. The first-order valence-corrected chi connectivity index (χ1v) is 6.63. The van der Waals surface area contributed by atoms with E-state index in [4.69, 9.17) is 10.5 Å². The minimum atomic E-state index is -0.288. The van der Waals surface area contributed by atoms with Gasteiger partial charge in [-0.05, 0) is 45.4 Å². The number of rotatable bonds is 2. The van der Waals surface area contributed by atoms with Crippen LogP contribution in [0, 0.1) is 5.82 Å². The molecule has 0 spiro atoms. The van der Waals surface area contributed by atoms with Crippen molar-refractivity contribution in [3.63, 3.8) is 0 Å². The average molecular weight is 266 g/mol. The summed E-state index contributed by atoms with van der Waals surface area (Å²) < 4.78 is 19.1. The van der Waals surface area contributed by atoms with Crippen molar-refractivity contribution in [2.75, 3.05) is 18.8 Å². The van der Waals surface area contributed by atoms with E-state index in [0.717, 1.165) is 25.2 Å². The summed E-state index contributed by atoms with van der Waals surface area (Å²) in [6, 6.07) is 4.61. The number of nitrogens with zero attached hydrogens (tertiary/aromatic N) is 1. The third kappa shape index (κ3) is 3.67. The third-order valence-electron chi connectivity index (χ3n) is 3.26. The average Bonchev–Trinajstić information content (AvgIpc) is 2.17. The van der Waals surface area contributed by atoms with Crippen molar-refractivity contribution < 1.29 is 9.13 Å². The number of hydrogen-bond acceptors (Lipinski definition) is 3. The monoisotopic (exact) mass is 266 g/mol. The summed E-state index contributed by atoms with van der Waals surface area (Å²) >= 11 is 0. The van der Waals surface area contributed by atoms with Gasteiger partial charge in [0.25, 0.3) is 0 Å². The van der Waals surface area contributed by atoms with E-state index >= 15 is 0 Å². The molecule has 19 heavy (non-hydrogen) atoms. The summed E-state index contributed by atoms with van der Waals surface area (Å²) in [4.78, 5) is 2.31. The second-order valence-corrected chi connectivity index (χ2v) is 6.61. The molecule has 4 heteroatoms. The molecular formula is C15H23FN2O. The SMILES string of the molecule is CC1(C)CN(Cc2ccc(F)cc2N)CC(C)(C)O1. The fourth-order valence-electron chi connectivity index (χ4n) is 3.01. The highest BCUT2D eigenvalue weighted by atomic mass is 19.1. The lowest BCUT2D eigenvalue weighted by Gasteiger charge is -2.47. The molecule has 1 fully saturated rings. The van der Waals surface area contributed by atoms with Gasteiger partial charge in [-0.3, -0.25) is 4.90 Å². The zero-order valence-corrected chi connectivity index (χ0v) is 12.2. The van der Waals surface area contributed by atoms with Gasteiger partial charge in [-0.15, -0.1) is 0 Å². The molecule has 0 bridgehead atoms. The molecule has 106 valence electrons. The van der Waals surface area contributed by atoms with Gasteiger partial charge in [-0.2, -0.15) is 0 Å². The van der Waals surface area contributed by atoms with E-state index in [-0.39, 0.29) is 17.0 Å². The van der Waals surface area contributed by atoms with Gasteiger partial charge in [0.1, 0.15) is 5.82 Å². The molecule has 0 amide bonds. The summed E-state index contributed by atoms with van der Waals surface area (Å²) in [5.41, 5.74) is 6.99. The van der Waals surface area contributed by atoms with Crippen LogP contribution < -0.4 is 5.73 Å². The number of hydrogen-bond donors (Lipinski definition) is 1. The Morgan fingerprint density at radius 2 is 1.79 bits per heavy atom. The molecule has 1 aliphatic rings. The van der Waals surface area contributed by atoms with Gasteiger partial charge in [0.2, 0.25) is 0 Å². The Morgan fingerprint density at radius 1 is 1.21 bits per heavy atom. The number of nitrogens with two attached hydrogens (primary N) is 1. The van der Waals surface area contributed by atoms with Crippen LogP contribution in [0.4, 0.5) is 10.1 Å². The van der Waals surface area contributed by atoms with Gasteiger partial charge in [0, 0.05) is 25.3 Å². The fraction of sp³-hybridized carbons (Fsp3) is 0.600. The molecule has 1 saturated heterocycles.